The van der Waals surface area contributed by atoms with Crippen molar-refractivity contribution < 1.29 is 17.6 Å². The molecule has 28 heavy (non-hydrogen) atoms. The van der Waals surface area contributed by atoms with Crippen LogP contribution < -0.4 is 5.43 Å². The Labute approximate surface area is 163 Å². The predicted octanol–water partition coefficient (Wildman–Crippen LogP) is 2.62. The van der Waals surface area contributed by atoms with E-state index in [4.69, 9.17) is 4.42 Å². The maximum Gasteiger partial charge on any atom is 0.255 e. The quantitative estimate of drug-likeness (QED) is 0.467. The van der Waals surface area contributed by atoms with Crippen LogP contribution in [0.15, 0.2) is 93.5 Å². The molecule has 0 aliphatic carbocycles. The highest BCUT2D eigenvalue weighted by molar-refractivity contribution is 7.89. The highest BCUT2D eigenvalue weighted by Gasteiger charge is 2.27. The van der Waals surface area contributed by atoms with Crippen LogP contribution >= 0.6 is 0 Å². The first-order valence-corrected chi connectivity index (χ1v) is 9.94. The summed E-state index contributed by atoms with van der Waals surface area (Å²) in [4.78, 5) is 12.4. The number of carbonyl (C=O) groups is 1. The van der Waals surface area contributed by atoms with Crippen LogP contribution in [0.2, 0.25) is 0 Å². The topological polar surface area (TPSA) is 92.0 Å². The molecule has 2 aromatic carbocycles. The summed E-state index contributed by atoms with van der Waals surface area (Å²) >= 11 is 0. The van der Waals surface area contributed by atoms with Gasteiger partial charge in [-0.2, -0.15) is 9.41 Å². The third kappa shape index (κ3) is 5.15. The number of sulfonamides is 1. The van der Waals surface area contributed by atoms with Gasteiger partial charge in [-0.05, 0) is 29.8 Å². The lowest BCUT2D eigenvalue weighted by atomic mass is 10.2. The van der Waals surface area contributed by atoms with Gasteiger partial charge in [0.25, 0.3) is 5.91 Å². The van der Waals surface area contributed by atoms with Gasteiger partial charge in [-0.25, -0.2) is 13.8 Å². The number of nitrogens with zero attached hydrogens (tertiary/aromatic N) is 2. The Balaban J connectivity index is 1.73. The standard InChI is InChI=1S/C20H19N3O4S/c24-20(22-21-14-17-8-3-1-4-9-17)16-23(15-18-10-7-13-27-18)28(25,26)19-11-5-2-6-12-19/h1-14H,15-16H2,(H,22,24)/b21-14-. The molecule has 1 N–H and O–H groups in total. The number of amides is 1. The van der Waals surface area contributed by atoms with E-state index in [1.807, 2.05) is 30.3 Å². The van der Waals surface area contributed by atoms with Gasteiger partial charge in [-0.15, -0.1) is 0 Å². The van der Waals surface area contributed by atoms with E-state index in [1.165, 1.54) is 24.6 Å². The average Bonchev–Trinajstić information content (AvgIpc) is 3.22. The number of benzene rings is 2. The van der Waals surface area contributed by atoms with Crippen LogP contribution in [0, 0.1) is 0 Å². The van der Waals surface area contributed by atoms with Crippen molar-refractivity contribution in [1.82, 2.24) is 9.73 Å². The van der Waals surface area contributed by atoms with Gasteiger partial charge >= 0.3 is 0 Å². The number of furan rings is 1. The van der Waals surface area contributed by atoms with E-state index < -0.39 is 22.5 Å². The molecule has 0 atom stereocenters. The van der Waals surface area contributed by atoms with Crippen molar-refractivity contribution in [2.45, 2.75) is 11.4 Å². The molecular formula is C20H19N3O4S. The normalized spacial score (nSPS) is 11.8. The molecule has 0 unspecified atom stereocenters. The zero-order chi connectivity index (χ0) is 19.8. The first kappa shape index (κ1) is 19.5. The van der Waals surface area contributed by atoms with Crippen molar-refractivity contribution in [2.24, 2.45) is 5.10 Å². The fraction of sp³-hybridized carbons (Fsp3) is 0.100. The molecule has 1 amide bonds. The second kappa shape index (κ2) is 9.12. The van der Waals surface area contributed by atoms with Gasteiger partial charge in [0, 0.05) is 0 Å². The summed E-state index contributed by atoms with van der Waals surface area (Å²) in [5.74, 6) is -0.127. The summed E-state index contributed by atoms with van der Waals surface area (Å²) in [7, 11) is -3.89. The Morgan fingerprint density at radius 1 is 1.00 bits per heavy atom. The monoisotopic (exact) mass is 397 g/mol. The molecule has 1 heterocycles. The molecule has 0 saturated heterocycles. The van der Waals surface area contributed by atoms with Crippen LogP contribution in [0.4, 0.5) is 0 Å². The lowest BCUT2D eigenvalue weighted by Gasteiger charge is -2.20. The third-order valence-corrected chi connectivity index (χ3v) is 5.62. The Bertz CT molecular complexity index is 1020. The Morgan fingerprint density at radius 3 is 2.32 bits per heavy atom. The molecule has 0 bridgehead atoms. The van der Waals surface area contributed by atoms with Crippen LogP contribution in [0.25, 0.3) is 0 Å². The number of rotatable bonds is 8. The van der Waals surface area contributed by atoms with Crippen LogP contribution in [0.5, 0.6) is 0 Å². The first-order chi connectivity index (χ1) is 13.6. The van der Waals surface area contributed by atoms with Crippen molar-refractivity contribution in [3.05, 3.63) is 90.4 Å². The number of nitrogens with one attached hydrogen (secondary N) is 1. The van der Waals surface area contributed by atoms with E-state index in [1.54, 1.807) is 30.3 Å². The molecule has 0 spiro atoms. The zero-order valence-electron chi connectivity index (χ0n) is 14.9. The van der Waals surface area contributed by atoms with E-state index in [9.17, 15) is 13.2 Å². The molecule has 8 heteroatoms. The maximum absolute atomic E-state index is 13.0. The van der Waals surface area contributed by atoms with E-state index in [0.717, 1.165) is 9.87 Å². The van der Waals surface area contributed by atoms with Crippen molar-refractivity contribution >= 4 is 22.1 Å². The molecule has 144 valence electrons. The fourth-order valence-electron chi connectivity index (χ4n) is 2.46. The summed E-state index contributed by atoms with van der Waals surface area (Å²) in [6.07, 6.45) is 2.94. The van der Waals surface area contributed by atoms with Gasteiger partial charge in [-0.3, -0.25) is 4.79 Å². The minimum atomic E-state index is -3.89. The molecule has 0 aliphatic heterocycles. The second-order valence-corrected chi connectivity index (χ2v) is 7.81. The largest absolute Gasteiger partial charge is 0.468 e. The lowest BCUT2D eigenvalue weighted by molar-refractivity contribution is -0.121. The van der Waals surface area contributed by atoms with E-state index in [0.29, 0.717) is 5.76 Å². The molecule has 0 fully saturated rings. The van der Waals surface area contributed by atoms with Crippen molar-refractivity contribution in [2.75, 3.05) is 6.54 Å². The van der Waals surface area contributed by atoms with Crippen LogP contribution in [-0.4, -0.2) is 31.4 Å². The minimum absolute atomic E-state index is 0.0694. The third-order valence-electron chi connectivity index (χ3n) is 3.82. The van der Waals surface area contributed by atoms with Gasteiger partial charge in [0.1, 0.15) is 5.76 Å². The van der Waals surface area contributed by atoms with Crippen LogP contribution in [0.3, 0.4) is 0 Å². The number of hydrogen-bond donors (Lipinski definition) is 1. The average molecular weight is 397 g/mol. The molecule has 1 aromatic heterocycles. The zero-order valence-corrected chi connectivity index (χ0v) is 15.7. The van der Waals surface area contributed by atoms with Gasteiger partial charge in [-0.1, -0.05) is 48.5 Å². The number of hydrogen-bond acceptors (Lipinski definition) is 5. The highest BCUT2D eigenvalue weighted by atomic mass is 32.2. The van der Waals surface area contributed by atoms with E-state index in [-0.39, 0.29) is 11.4 Å². The smallest absolute Gasteiger partial charge is 0.255 e. The minimum Gasteiger partial charge on any atom is -0.468 e. The van der Waals surface area contributed by atoms with Crippen molar-refractivity contribution in [1.29, 1.82) is 0 Å². The summed E-state index contributed by atoms with van der Waals surface area (Å²) in [6.45, 7) is -0.468. The first-order valence-electron chi connectivity index (χ1n) is 8.50. The summed E-state index contributed by atoms with van der Waals surface area (Å²) in [5.41, 5.74) is 3.17. The molecule has 0 saturated carbocycles. The Hall–Kier alpha value is -3.23. The lowest BCUT2D eigenvalue weighted by Crippen LogP contribution is -2.38. The van der Waals surface area contributed by atoms with Crippen LogP contribution in [-0.2, 0) is 21.4 Å². The summed E-state index contributed by atoms with van der Waals surface area (Å²) in [6, 6.07) is 20.5. The van der Waals surface area contributed by atoms with Gasteiger partial charge in [0.15, 0.2) is 0 Å². The SMILES string of the molecule is O=C(CN(Cc1ccco1)S(=O)(=O)c1ccccc1)N/N=C\c1ccccc1. The summed E-state index contributed by atoms with van der Waals surface area (Å²) < 4.78 is 32.2. The number of carbonyl (C=O) groups excluding carboxylic acids is 1. The molecule has 7 nitrogen and oxygen atoms in total. The molecule has 3 rings (SSSR count). The molecule has 3 aromatic rings. The fourth-order valence-corrected chi connectivity index (χ4v) is 3.84. The molecular weight excluding hydrogens is 378 g/mol. The van der Waals surface area contributed by atoms with Gasteiger partial charge < -0.3 is 4.42 Å². The molecule has 0 aliphatic rings. The Kier molecular flexibility index (Phi) is 6.36. The van der Waals surface area contributed by atoms with Crippen molar-refractivity contribution in [3.8, 4) is 0 Å². The highest BCUT2D eigenvalue weighted by Crippen LogP contribution is 2.18. The van der Waals surface area contributed by atoms with Gasteiger partial charge in [0.2, 0.25) is 10.0 Å². The van der Waals surface area contributed by atoms with E-state index in [2.05, 4.69) is 10.5 Å². The van der Waals surface area contributed by atoms with Crippen molar-refractivity contribution in [3.63, 3.8) is 0 Å². The molecule has 0 radical (unpaired) electrons. The van der Waals surface area contributed by atoms with E-state index >= 15 is 0 Å². The maximum atomic E-state index is 13.0. The predicted molar refractivity (Wildman–Crippen MR) is 105 cm³/mol. The second-order valence-electron chi connectivity index (χ2n) is 5.87. The van der Waals surface area contributed by atoms with Crippen LogP contribution in [0.1, 0.15) is 11.3 Å². The summed E-state index contributed by atoms with van der Waals surface area (Å²) in [5, 5.41) is 3.88. The number of hydrazone groups is 1. The van der Waals surface area contributed by atoms with Gasteiger partial charge in [0.05, 0.1) is 30.5 Å². The Morgan fingerprint density at radius 2 is 1.68 bits per heavy atom.